The van der Waals surface area contributed by atoms with E-state index >= 15 is 0 Å². The smallest absolute Gasteiger partial charge is 0.335 e. The maximum absolute atomic E-state index is 13.1. The SMILES string of the molecule is CC1=NN(c2ccccc2)C(=O)C1C=C1C(=O)NC(=O)N(c2ccc3c(c2)OCO3)C1=O. The third-order valence-electron chi connectivity index (χ3n) is 5.23. The summed E-state index contributed by atoms with van der Waals surface area (Å²) in [6.45, 7) is 1.66. The zero-order valence-electron chi connectivity index (χ0n) is 16.8. The van der Waals surface area contributed by atoms with E-state index in [1.807, 2.05) is 6.07 Å². The van der Waals surface area contributed by atoms with Crippen molar-refractivity contribution < 1.29 is 28.7 Å². The van der Waals surface area contributed by atoms with Crippen molar-refractivity contribution in [1.29, 1.82) is 0 Å². The first kappa shape index (κ1) is 19.5. The Morgan fingerprint density at radius 3 is 2.53 bits per heavy atom. The number of amides is 5. The Balaban J connectivity index is 1.47. The number of barbiturate groups is 1. The molecule has 3 aliphatic rings. The Bertz CT molecular complexity index is 1240. The highest BCUT2D eigenvalue weighted by atomic mass is 16.7. The Labute approximate surface area is 181 Å². The normalized spacial score (nSPS) is 21.3. The number of carbonyl (C=O) groups excluding carboxylic acids is 4. The van der Waals surface area contributed by atoms with Crippen LogP contribution in [0.4, 0.5) is 16.2 Å². The molecule has 0 bridgehead atoms. The van der Waals surface area contributed by atoms with Crippen LogP contribution >= 0.6 is 0 Å². The lowest BCUT2D eigenvalue weighted by Gasteiger charge is -2.26. The number of anilines is 2. The zero-order valence-corrected chi connectivity index (χ0v) is 16.8. The minimum atomic E-state index is -0.924. The lowest BCUT2D eigenvalue weighted by molar-refractivity contribution is -0.122. The van der Waals surface area contributed by atoms with Crippen molar-refractivity contribution in [2.24, 2.45) is 11.0 Å². The summed E-state index contributed by atoms with van der Waals surface area (Å²) >= 11 is 0. The fraction of sp³-hybridized carbons (Fsp3) is 0.136. The van der Waals surface area contributed by atoms with E-state index in [1.54, 1.807) is 37.3 Å². The summed E-state index contributed by atoms with van der Waals surface area (Å²) in [5.74, 6) is -2.21. The number of ether oxygens (including phenoxy) is 2. The molecule has 3 heterocycles. The number of rotatable bonds is 3. The van der Waals surface area contributed by atoms with Crippen molar-refractivity contribution in [3.63, 3.8) is 0 Å². The van der Waals surface area contributed by atoms with Crippen molar-refractivity contribution in [2.75, 3.05) is 16.7 Å². The van der Waals surface area contributed by atoms with Gasteiger partial charge in [-0.1, -0.05) is 18.2 Å². The van der Waals surface area contributed by atoms with Gasteiger partial charge in [0.15, 0.2) is 11.5 Å². The van der Waals surface area contributed by atoms with Crippen LogP contribution in [0.15, 0.2) is 65.3 Å². The fourth-order valence-electron chi connectivity index (χ4n) is 3.63. The number of hydrogen-bond acceptors (Lipinski definition) is 7. The first-order valence-electron chi connectivity index (χ1n) is 9.69. The van der Waals surface area contributed by atoms with E-state index in [4.69, 9.17) is 9.47 Å². The number of imide groups is 2. The van der Waals surface area contributed by atoms with Crippen LogP contribution in [0.2, 0.25) is 0 Å². The molecule has 0 aliphatic carbocycles. The Morgan fingerprint density at radius 1 is 1.00 bits per heavy atom. The molecule has 2 aromatic rings. The molecule has 160 valence electrons. The molecule has 1 N–H and O–H groups in total. The second-order valence-electron chi connectivity index (χ2n) is 7.22. The largest absolute Gasteiger partial charge is 0.454 e. The summed E-state index contributed by atoms with van der Waals surface area (Å²) in [5.41, 5.74) is 0.849. The molecule has 32 heavy (non-hydrogen) atoms. The number of para-hydroxylation sites is 1. The Kier molecular flexibility index (Phi) is 4.47. The molecule has 2 aromatic carbocycles. The van der Waals surface area contributed by atoms with Crippen LogP contribution in [-0.4, -0.2) is 36.3 Å². The number of fused-ring (bicyclic) bond motifs is 1. The molecule has 5 amide bonds. The molecule has 0 radical (unpaired) electrons. The molecule has 1 fully saturated rings. The number of benzene rings is 2. The predicted octanol–water partition coefficient (Wildman–Crippen LogP) is 1.96. The first-order valence-corrected chi connectivity index (χ1v) is 9.69. The molecular formula is C22H16N4O6. The van der Waals surface area contributed by atoms with Crippen molar-refractivity contribution in [2.45, 2.75) is 6.92 Å². The van der Waals surface area contributed by atoms with Gasteiger partial charge in [0.2, 0.25) is 6.79 Å². The van der Waals surface area contributed by atoms with Gasteiger partial charge in [0.1, 0.15) is 5.57 Å². The van der Waals surface area contributed by atoms with Crippen LogP contribution in [0.3, 0.4) is 0 Å². The number of urea groups is 1. The van der Waals surface area contributed by atoms with Crippen molar-refractivity contribution >= 4 is 40.8 Å². The molecule has 5 rings (SSSR count). The molecule has 1 unspecified atom stereocenters. The first-order chi connectivity index (χ1) is 15.4. The van der Waals surface area contributed by atoms with E-state index in [1.165, 1.54) is 23.2 Å². The van der Waals surface area contributed by atoms with Crippen LogP contribution in [0.1, 0.15) is 6.92 Å². The third-order valence-corrected chi connectivity index (χ3v) is 5.23. The van der Waals surface area contributed by atoms with E-state index in [-0.39, 0.29) is 18.1 Å². The fourth-order valence-corrected chi connectivity index (χ4v) is 3.63. The second-order valence-corrected chi connectivity index (χ2v) is 7.22. The van der Waals surface area contributed by atoms with Crippen LogP contribution < -0.4 is 24.7 Å². The lowest BCUT2D eigenvalue weighted by Crippen LogP contribution is -2.54. The topological polar surface area (TPSA) is 118 Å². The minimum absolute atomic E-state index is 0.0306. The Hall–Kier alpha value is -4.47. The quantitative estimate of drug-likeness (QED) is 0.585. The highest BCUT2D eigenvalue weighted by Gasteiger charge is 2.40. The standard InChI is InChI=1S/C22H16N4O6/c1-12-15(21(29)26(24-12)13-5-3-2-4-6-13)10-16-19(27)23-22(30)25(20(16)28)14-7-8-17-18(9-14)32-11-31-17/h2-10,15H,11H2,1H3,(H,23,27,30). The maximum Gasteiger partial charge on any atom is 0.335 e. The van der Waals surface area contributed by atoms with E-state index in [0.29, 0.717) is 22.9 Å². The summed E-state index contributed by atoms with van der Waals surface area (Å²) in [7, 11) is 0. The van der Waals surface area contributed by atoms with Crippen molar-refractivity contribution in [3.05, 3.63) is 60.2 Å². The van der Waals surface area contributed by atoms with Crippen LogP contribution in [-0.2, 0) is 14.4 Å². The summed E-state index contributed by atoms with van der Waals surface area (Å²) in [5, 5.41) is 7.64. The number of hydrazone groups is 1. The summed E-state index contributed by atoms with van der Waals surface area (Å²) < 4.78 is 10.5. The van der Waals surface area contributed by atoms with Crippen molar-refractivity contribution in [3.8, 4) is 11.5 Å². The summed E-state index contributed by atoms with van der Waals surface area (Å²) in [6.07, 6.45) is 1.24. The van der Waals surface area contributed by atoms with Gasteiger partial charge in [-0.15, -0.1) is 0 Å². The molecule has 0 aromatic heterocycles. The Morgan fingerprint density at radius 2 is 1.75 bits per heavy atom. The number of nitrogens with one attached hydrogen (secondary N) is 1. The molecule has 1 atom stereocenters. The van der Waals surface area contributed by atoms with Crippen LogP contribution in [0.25, 0.3) is 0 Å². The summed E-state index contributed by atoms with van der Waals surface area (Å²) in [4.78, 5) is 51.8. The number of carbonyl (C=O) groups is 4. The molecule has 0 saturated carbocycles. The van der Waals surface area contributed by atoms with E-state index < -0.39 is 29.7 Å². The van der Waals surface area contributed by atoms with Gasteiger partial charge in [0.25, 0.3) is 17.7 Å². The van der Waals surface area contributed by atoms with E-state index in [0.717, 1.165) is 4.90 Å². The zero-order chi connectivity index (χ0) is 22.4. The maximum atomic E-state index is 13.1. The van der Waals surface area contributed by atoms with Crippen molar-refractivity contribution in [1.82, 2.24) is 5.32 Å². The molecule has 10 heteroatoms. The second kappa shape index (κ2) is 7.34. The molecule has 1 saturated heterocycles. The summed E-state index contributed by atoms with van der Waals surface area (Å²) in [6, 6.07) is 12.4. The van der Waals surface area contributed by atoms with Gasteiger partial charge in [-0.2, -0.15) is 10.1 Å². The average molecular weight is 432 g/mol. The van der Waals surface area contributed by atoms with Crippen LogP contribution in [0, 0.1) is 5.92 Å². The molecule has 10 nitrogen and oxygen atoms in total. The molecule has 3 aliphatic heterocycles. The average Bonchev–Trinajstić information content (AvgIpc) is 3.35. The predicted molar refractivity (Wildman–Crippen MR) is 112 cm³/mol. The number of nitrogens with zero attached hydrogens (tertiary/aromatic N) is 3. The van der Waals surface area contributed by atoms with E-state index in [9.17, 15) is 19.2 Å². The van der Waals surface area contributed by atoms with Gasteiger partial charge in [-0.25, -0.2) is 9.69 Å². The van der Waals surface area contributed by atoms with Gasteiger partial charge >= 0.3 is 6.03 Å². The lowest BCUT2D eigenvalue weighted by atomic mass is 9.98. The van der Waals surface area contributed by atoms with Gasteiger partial charge in [0.05, 0.1) is 23.0 Å². The van der Waals surface area contributed by atoms with Gasteiger partial charge in [-0.05, 0) is 37.3 Å². The third kappa shape index (κ3) is 3.09. The minimum Gasteiger partial charge on any atom is -0.454 e. The molecule has 0 spiro atoms. The molecular weight excluding hydrogens is 416 g/mol. The van der Waals surface area contributed by atoms with Gasteiger partial charge in [0, 0.05) is 6.07 Å². The van der Waals surface area contributed by atoms with E-state index in [2.05, 4.69) is 10.4 Å². The van der Waals surface area contributed by atoms with Crippen LogP contribution in [0.5, 0.6) is 11.5 Å². The highest BCUT2D eigenvalue weighted by Crippen LogP contribution is 2.36. The monoisotopic (exact) mass is 432 g/mol. The van der Waals surface area contributed by atoms with Gasteiger partial charge < -0.3 is 9.47 Å². The highest BCUT2D eigenvalue weighted by molar-refractivity contribution is 6.38. The van der Waals surface area contributed by atoms with Gasteiger partial charge in [-0.3, -0.25) is 19.7 Å². The number of hydrogen-bond donors (Lipinski definition) is 1.